The van der Waals surface area contributed by atoms with Crippen molar-refractivity contribution in [1.29, 1.82) is 0 Å². The summed E-state index contributed by atoms with van der Waals surface area (Å²) in [7, 11) is 4.89. The van der Waals surface area contributed by atoms with E-state index in [1.807, 2.05) is 41.1 Å². The van der Waals surface area contributed by atoms with Gasteiger partial charge in [0.05, 0.1) is 39.1 Å². The number of methoxy groups -OCH3 is 3. The van der Waals surface area contributed by atoms with Gasteiger partial charge in [-0.1, -0.05) is 12.1 Å². The molecule has 0 spiro atoms. The standard InChI is InChI=1S/C25H30N4O4/c1-31-20-14-18(15-21(16-20)32-2)17-28-12-9-19(10-13-28)29-24(8-11-26-29)27-25(30)22-6-4-5-7-23(22)33-3/h4-8,11,14-16,19H,9-10,12-13,17H2,1-3H3,(H,27,30). The molecule has 1 N–H and O–H groups in total. The third-order valence-corrected chi connectivity index (χ3v) is 5.98. The molecule has 0 atom stereocenters. The number of likely N-dealkylation sites (tertiary alicyclic amines) is 1. The molecule has 2 aromatic carbocycles. The molecule has 1 amide bonds. The summed E-state index contributed by atoms with van der Waals surface area (Å²) in [6, 6.07) is 15.2. The van der Waals surface area contributed by atoms with Crippen molar-refractivity contribution in [1.82, 2.24) is 14.7 Å². The molecule has 0 bridgehead atoms. The largest absolute Gasteiger partial charge is 0.497 e. The van der Waals surface area contributed by atoms with Gasteiger partial charge >= 0.3 is 0 Å². The summed E-state index contributed by atoms with van der Waals surface area (Å²) in [5.41, 5.74) is 1.66. The number of hydrogen-bond acceptors (Lipinski definition) is 6. The average Bonchev–Trinajstić information content (AvgIpc) is 3.32. The van der Waals surface area contributed by atoms with E-state index in [2.05, 4.69) is 15.3 Å². The Morgan fingerprint density at radius 1 is 1.00 bits per heavy atom. The number of benzene rings is 2. The first-order valence-corrected chi connectivity index (χ1v) is 11.0. The van der Waals surface area contributed by atoms with Crippen LogP contribution in [-0.2, 0) is 6.54 Å². The van der Waals surface area contributed by atoms with Crippen LogP contribution in [0.1, 0.15) is 34.8 Å². The summed E-state index contributed by atoms with van der Waals surface area (Å²) >= 11 is 0. The van der Waals surface area contributed by atoms with E-state index < -0.39 is 0 Å². The molecule has 1 fully saturated rings. The summed E-state index contributed by atoms with van der Waals surface area (Å²) in [6.07, 6.45) is 3.62. The number of hydrogen-bond donors (Lipinski definition) is 1. The van der Waals surface area contributed by atoms with E-state index in [4.69, 9.17) is 14.2 Å². The van der Waals surface area contributed by atoms with E-state index in [9.17, 15) is 4.79 Å². The molecule has 8 nitrogen and oxygen atoms in total. The number of nitrogens with zero attached hydrogens (tertiary/aromatic N) is 3. The molecule has 0 aliphatic carbocycles. The van der Waals surface area contributed by atoms with E-state index in [-0.39, 0.29) is 11.9 Å². The van der Waals surface area contributed by atoms with Crippen molar-refractivity contribution < 1.29 is 19.0 Å². The fraction of sp³-hybridized carbons (Fsp3) is 0.360. The number of carbonyl (C=O) groups is 1. The second-order valence-electron chi connectivity index (χ2n) is 8.04. The van der Waals surface area contributed by atoms with Gasteiger partial charge in [0.1, 0.15) is 23.1 Å². The maximum atomic E-state index is 12.8. The van der Waals surface area contributed by atoms with Crippen molar-refractivity contribution in [3.8, 4) is 17.2 Å². The Morgan fingerprint density at radius 2 is 1.70 bits per heavy atom. The third-order valence-electron chi connectivity index (χ3n) is 5.98. The lowest BCUT2D eigenvalue weighted by Gasteiger charge is -2.32. The van der Waals surface area contributed by atoms with Gasteiger partial charge in [0.2, 0.25) is 0 Å². The number of rotatable bonds is 8. The second-order valence-corrected chi connectivity index (χ2v) is 8.04. The number of amides is 1. The SMILES string of the molecule is COc1cc(CN2CCC(n3nccc3NC(=O)c3ccccc3OC)CC2)cc(OC)c1. The highest BCUT2D eigenvalue weighted by Gasteiger charge is 2.24. The van der Waals surface area contributed by atoms with Crippen molar-refractivity contribution in [2.45, 2.75) is 25.4 Å². The molecule has 0 saturated carbocycles. The summed E-state index contributed by atoms with van der Waals surface area (Å²) < 4.78 is 18.0. The molecule has 174 valence electrons. The Morgan fingerprint density at radius 3 is 2.36 bits per heavy atom. The van der Waals surface area contributed by atoms with Gasteiger partial charge in [-0.25, -0.2) is 4.68 Å². The molecule has 2 heterocycles. The van der Waals surface area contributed by atoms with E-state index >= 15 is 0 Å². The molecule has 3 aromatic rings. The Kier molecular flexibility index (Phi) is 7.14. The molecule has 4 rings (SSSR count). The van der Waals surface area contributed by atoms with Crippen LogP contribution in [0.4, 0.5) is 5.82 Å². The van der Waals surface area contributed by atoms with Crippen LogP contribution in [0.15, 0.2) is 54.7 Å². The van der Waals surface area contributed by atoms with Gasteiger partial charge in [-0.15, -0.1) is 0 Å². The van der Waals surface area contributed by atoms with E-state index in [1.54, 1.807) is 39.7 Å². The van der Waals surface area contributed by atoms with Crippen molar-refractivity contribution >= 4 is 11.7 Å². The number of piperidine rings is 1. The molecule has 1 saturated heterocycles. The molecule has 8 heteroatoms. The predicted octanol–water partition coefficient (Wildman–Crippen LogP) is 4.00. The van der Waals surface area contributed by atoms with Crippen LogP contribution in [0, 0.1) is 0 Å². The number of aromatic nitrogens is 2. The van der Waals surface area contributed by atoms with Crippen LogP contribution < -0.4 is 19.5 Å². The van der Waals surface area contributed by atoms with E-state index in [1.165, 1.54) is 0 Å². The maximum absolute atomic E-state index is 12.8. The Balaban J connectivity index is 1.38. The molecule has 1 aromatic heterocycles. The van der Waals surface area contributed by atoms with Gasteiger partial charge in [0.25, 0.3) is 5.91 Å². The predicted molar refractivity (Wildman–Crippen MR) is 126 cm³/mol. The fourth-order valence-corrected chi connectivity index (χ4v) is 4.26. The van der Waals surface area contributed by atoms with Crippen molar-refractivity contribution in [3.63, 3.8) is 0 Å². The zero-order valence-electron chi connectivity index (χ0n) is 19.3. The summed E-state index contributed by atoms with van der Waals surface area (Å²) in [5, 5.41) is 7.50. The van der Waals surface area contributed by atoms with Crippen molar-refractivity contribution in [2.24, 2.45) is 0 Å². The molecule has 0 unspecified atom stereocenters. The number of anilines is 1. The van der Waals surface area contributed by atoms with Crippen LogP contribution in [0.25, 0.3) is 0 Å². The molecular weight excluding hydrogens is 420 g/mol. The van der Waals surface area contributed by atoms with E-state index in [0.717, 1.165) is 49.5 Å². The molecule has 1 aliphatic rings. The van der Waals surface area contributed by atoms with Crippen LogP contribution in [0.5, 0.6) is 17.2 Å². The van der Waals surface area contributed by atoms with Gasteiger partial charge in [0.15, 0.2) is 0 Å². The first-order valence-electron chi connectivity index (χ1n) is 11.0. The molecule has 0 radical (unpaired) electrons. The average molecular weight is 451 g/mol. The Labute approximate surface area is 194 Å². The zero-order valence-corrected chi connectivity index (χ0v) is 19.3. The summed E-state index contributed by atoms with van der Waals surface area (Å²) in [4.78, 5) is 15.2. The van der Waals surface area contributed by atoms with Gasteiger partial charge in [-0.2, -0.15) is 5.10 Å². The van der Waals surface area contributed by atoms with Crippen LogP contribution in [0.3, 0.4) is 0 Å². The van der Waals surface area contributed by atoms with Crippen molar-refractivity contribution in [3.05, 3.63) is 65.9 Å². The van der Waals surface area contributed by atoms with Gasteiger partial charge in [-0.3, -0.25) is 9.69 Å². The highest BCUT2D eigenvalue weighted by Crippen LogP contribution is 2.29. The minimum absolute atomic E-state index is 0.210. The van der Waals surface area contributed by atoms with Crippen molar-refractivity contribution in [2.75, 3.05) is 39.7 Å². The van der Waals surface area contributed by atoms with E-state index in [0.29, 0.717) is 17.1 Å². The summed E-state index contributed by atoms with van der Waals surface area (Å²) in [6.45, 7) is 2.70. The maximum Gasteiger partial charge on any atom is 0.260 e. The smallest absolute Gasteiger partial charge is 0.260 e. The number of para-hydroxylation sites is 1. The minimum atomic E-state index is -0.210. The normalized spacial score (nSPS) is 14.6. The van der Waals surface area contributed by atoms with Gasteiger partial charge < -0.3 is 19.5 Å². The highest BCUT2D eigenvalue weighted by molar-refractivity contribution is 6.05. The first kappa shape index (κ1) is 22.7. The Bertz CT molecular complexity index is 1070. The lowest BCUT2D eigenvalue weighted by Crippen LogP contribution is -2.35. The second kappa shape index (κ2) is 10.4. The quantitative estimate of drug-likeness (QED) is 0.559. The molecule has 1 aliphatic heterocycles. The number of nitrogens with one attached hydrogen (secondary N) is 1. The van der Waals surface area contributed by atoms with Crippen LogP contribution >= 0.6 is 0 Å². The van der Waals surface area contributed by atoms with Gasteiger partial charge in [-0.05, 0) is 42.7 Å². The van der Waals surface area contributed by atoms with Gasteiger partial charge in [0, 0.05) is 31.8 Å². The van der Waals surface area contributed by atoms with Crippen LogP contribution in [0.2, 0.25) is 0 Å². The lowest BCUT2D eigenvalue weighted by atomic mass is 10.0. The highest BCUT2D eigenvalue weighted by atomic mass is 16.5. The Hall–Kier alpha value is -3.52. The third kappa shape index (κ3) is 5.28. The fourth-order valence-electron chi connectivity index (χ4n) is 4.26. The minimum Gasteiger partial charge on any atom is -0.497 e. The number of carbonyl (C=O) groups excluding carboxylic acids is 1. The van der Waals surface area contributed by atoms with Crippen LogP contribution in [-0.4, -0.2) is 55.0 Å². The molecular formula is C25H30N4O4. The first-order chi connectivity index (χ1) is 16.1. The topological polar surface area (TPSA) is 77.9 Å². The summed E-state index contributed by atoms with van der Waals surface area (Å²) in [5.74, 6) is 2.63. The molecule has 33 heavy (non-hydrogen) atoms. The number of ether oxygens (including phenoxy) is 3. The lowest BCUT2D eigenvalue weighted by molar-refractivity contribution is 0.102. The monoisotopic (exact) mass is 450 g/mol. The zero-order chi connectivity index (χ0) is 23.2.